The smallest absolute Gasteiger partial charge is 0.224 e. The number of benzene rings is 2. The number of carbonyl (C=O) groups is 1. The number of aromatic nitrogens is 1. The van der Waals surface area contributed by atoms with Crippen molar-refractivity contribution in [3.05, 3.63) is 59.8 Å². The zero-order valence-corrected chi connectivity index (χ0v) is 13.9. The number of hydrogen-bond acceptors (Lipinski definition) is 3. The van der Waals surface area contributed by atoms with Crippen LogP contribution in [0.3, 0.4) is 0 Å². The van der Waals surface area contributed by atoms with Gasteiger partial charge in [-0.3, -0.25) is 4.79 Å². The quantitative estimate of drug-likeness (QED) is 0.753. The highest BCUT2D eigenvalue weighted by Gasteiger charge is 2.12. The maximum atomic E-state index is 12.2. The SMILES string of the molecule is O=C(Cc1c[nH]c2ccccc12)NCCc1ccc2c(c1)OCCO2. The molecule has 25 heavy (non-hydrogen) atoms. The lowest BCUT2D eigenvalue weighted by atomic mass is 10.1. The fourth-order valence-electron chi connectivity index (χ4n) is 3.10. The third kappa shape index (κ3) is 3.45. The molecule has 4 rings (SSSR count). The summed E-state index contributed by atoms with van der Waals surface area (Å²) in [5.74, 6) is 1.61. The average Bonchev–Trinajstić information content (AvgIpc) is 3.05. The van der Waals surface area contributed by atoms with Crippen LogP contribution in [-0.2, 0) is 17.6 Å². The van der Waals surface area contributed by atoms with Gasteiger partial charge in [-0.25, -0.2) is 0 Å². The van der Waals surface area contributed by atoms with Gasteiger partial charge in [-0.2, -0.15) is 0 Å². The van der Waals surface area contributed by atoms with Gasteiger partial charge in [0.15, 0.2) is 11.5 Å². The number of rotatable bonds is 5. The van der Waals surface area contributed by atoms with Crippen LogP contribution in [0.2, 0.25) is 0 Å². The minimum Gasteiger partial charge on any atom is -0.486 e. The van der Waals surface area contributed by atoms with E-state index in [-0.39, 0.29) is 5.91 Å². The molecule has 2 N–H and O–H groups in total. The highest BCUT2D eigenvalue weighted by Crippen LogP contribution is 2.30. The predicted molar refractivity (Wildman–Crippen MR) is 96.1 cm³/mol. The van der Waals surface area contributed by atoms with Crippen molar-refractivity contribution < 1.29 is 14.3 Å². The van der Waals surface area contributed by atoms with Crippen LogP contribution in [0.1, 0.15) is 11.1 Å². The van der Waals surface area contributed by atoms with Gasteiger partial charge in [0, 0.05) is 23.6 Å². The molecule has 2 aromatic carbocycles. The maximum absolute atomic E-state index is 12.2. The maximum Gasteiger partial charge on any atom is 0.224 e. The molecule has 0 unspecified atom stereocenters. The van der Waals surface area contributed by atoms with E-state index in [1.54, 1.807) is 0 Å². The molecular weight excluding hydrogens is 316 g/mol. The zero-order chi connectivity index (χ0) is 17.1. The third-order valence-corrected chi connectivity index (χ3v) is 4.37. The topological polar surface area (TPSA) is 63.4 Å². The molecule has 0 atom stereocenters. The van der Waals surface area contributed by atoms with Crippen LogP contribution in [0.4, 0.5) is 0 Å². The van der Waals surface area contributed by atoms with Gasteiger partial charge in [-0.1, -0.05) is 24.3 Å². The van der Waals surface area contributed by atoms with Crippen molar-refractivity contribution in [2.75, 3.05) is 19.8 Å². The van der Waals surface area contributed by atoms with Crippen molar-refractivity contribution in [3.8, 4) is 11.5 Å². The first-order valence-corrected chi connectivity index (χ1v) is 8.50. The van der Waals surface area contributed by atoms with E-state index in [4.69, 9.17) is 9.47 Å². The van der Waals surface area contributed by atoms with Crippen molar-refractivity contribution in [2.45, 2.75) is 12.8 Å². The molecule has 128 valence electrons. The number of para-hydroxylation sites is 1. The van der Waals surface area contributed by atoms with Crippen molar-refractivity contribution in [2.24, 2.45) is 0 Å². The van der Waals surface area contributed by atoms with Crippen LogP contribution >= 0.6 is 0 Å². The first kappa shape index (κ1) is 15.6. The van der Waals surface area contributed by atoms with Crippen molar-refractivity contribution in [1.29, 1.82) is 0 Å². The molecule has 0 spiro atoms. The lowest BCUT2D eigenvalue weighted by Gasteiger charge is -2.18. The number of H-pyrrole nitrogens is 1. The summed E-state index contributed by atoms with van der Waals surface area (Å²) in [6, 6.07) is 13.9. The zero-order valence-electron chi connectivity index (χ0n) is 13.9. The van der Waals surface area contributed by atoms with Crippen molar-refractivity contribution >= 4 is 16.8 Å². The number of ether oxygens (including phenoxy) is 2. The fraction of sp³-hybridized carbons (Fsp3) is 0.250. The summed E-state index contributed by atoms with van der Waals surface area (Å²) in [5.41, 5.74) is 3.20. The molecule has 0 radical (unpaired) electrons. The van der Waals surface area contributed by atoms with Gasteiger partial charge in [0.05, 0.1) is 6.42 Å². The number of amides is 1. The fourth-order valence-corrected chi connectivity index (χ4v) is 3.10. The van der Waals surface area contributed by atoms with Gasteiger partial charge < -0.3 is 19.8 Å². The third-order valence-electron chi connectivity index (χ3n) is 4.37. The molecule has 0 fully saturated rings. The van der Waals surface area contributed by atoms with Gasteiger partial charge in [0.1, 0.15) is 13.2 Å². The van der Waals surface area contributed by atoms with E-state index in [0.29, 0.717) is 26.2 Å². The van der Waals surface area contributed by atoms with Gasteiger partial charge in [0.2, 0.25) is 5.91 Å². The van der Waals surface area contributed by atoms with E-state index in [1.165, 1.54) is 0 Å². The van der Waals surface area contributed by atoms with Crippen LogP contribution in [0, 0.1) is 0 Å². The summed E-state index contributed by atoms with van der Waals surface area (Å²) in [5, 5.41) is 4.09. The Hall–Kier alpha value is -2.95. The average molecular weight is 336 g/mol. The first-order valence-electron chi connectivity index (χ1n) is 8.50. The van der Waals surface area contributed by atoms with Gasteiger partial charge in [-0.05, 0) is 35.7 Å². The summed E-state index contributed by atoms with van der Waals surface area (Å²) in [6.07, 6.45) is 3.05. The molecule has 2 heterocycles. The second-order valence-corrected chi connectivity index (χ2v) is 6.11. The van der Waals surface area contributed by atoms with Crippen LogP contribution in [0.25, 0.3) is 10.9 Å². The Morgan fingerprint density at radius 1 is 1.08 bits per heavy atom. The Kier molecular flexibility index (Phi) is 4.29. The number of nitrogens with one attached hydrogen (secondary N) is 2. The molecule has 0 aliphatic carbocycles. The minimum atomic E-state index is 0.0299. The molecule has 1 aromatic heterocycles. The minimum absolute atomic E-state index is 0.0299. The summed E-state index contributed by atoms with van der Waals surface area (Å²) >= 11 is 0. The number of hydrogen-bond donors (Lipinski definition) is 2. The van der Waals surface area contributed by atoms with Crippen LogP contribution in [0.15, 0.2) is 48.7 Å². The summed E-state index contributed by atoms with van der Waals surface area (Å²) < 4.78 is 11.1. The van der Waals surface area contributed by atoms with Gasteiger partial charge in [-0.15, -0.1) is 0 Å². The monoisotopic (exact) mass is 336 g/mol. The Bertz CT molecular complexity index is 901. The predicted octanol–water partition coefficient (Wildman–Crippen LogP) is 2.84. The second-order valence-electron chi connectivity index (χ2n) is 6.11. The van der Waals surface area contributed by atoms with E-state index < -0.39 is 0 Å². The first-order chi connectivity index (χ1) is 12.3. The summed E-state index contributed by atoms with van der Waals surface area (Å²) in [6.45, 7) is 1.77. The highest BCUT2D eigenvalue weighted by molar-refractivity contribution is 5.88. The number of aromatic amines is 1. The molecule has 1 aliphatic heterocycles. The molecule has 0 bridgehead atoms. The molecule has 3 aromatic rings. The second kappa shape index (κ2) is 6.89. The number of fused-ring (bicyclic) bond motifs is 2. The summed E-state index contributed by atoms with van der Waals surface area (Å²) in [7, 11) is 0. The van der Waals surface area contributed by atoms with Crippen LogP contribution < -0.4 is 14.8 Å². The van der Waals surface area contributed by atoms with E-state index in [9.17, 15) is 4.79 Å². The molecule has 1 aliphatic rings. The lowest BCUT2D eigenvalue weighted by molar-refractivity contribution is -0.120. The van der Waals surface area contributed by atoms with Crippen molar-refractivity contribution in [1.82, 2.24) is 10.3 Å². The summed E-state index contributed by atoms with van der Waals surface area (Å²) in [4.78, 5) is 15.4. The molecule has 5 nitrogen and oxygen atoms in total. The normalized spacial score (nSPS) is 13.0. The van der Waals surface area contributed by atoms with Crippen LogP contribution in [-0.4, -0.2) is 30.6 Å². The van der Waals surface area contributed by atoms with E-state index in [0.717, 1.165) is 39.9 Å². The Morgan fingerprint density at radius 3 is 2.84 bits per heavy atom. The van der Waals surface area contributed by atoms with E-state index >= 15 is 0 Å². The largest absolute Gasteiger partial charge is 0.486 e. The Morgan fingerprint density at radius 2 is 1.92 bits per heavy atom. The molecular formula is C20H20N2O3. The highest BCUT2D eigenvalue weighted by atomic mass is 16.6. The van der Waals surface area contributed by atoms with Crippen LogP contribution in [0.5, 0.6) is 11.5 Å². The van der Waals surface area contributed by atoms with Crippen molar-refractivity contribution in [3.63, 3.8) is 0 Å². The molecule has 5 heteroatoms. The molecule has 0 saturated carbocycles. The molecule has 0 saturated heterocycles. The molecule has 1 amide bonds. The standard InChI is InChI=1S/C20H20N2O3/c23-20(12-15-13-22-17-4-2-1-3-16(15)17)21-8-7-14-5-6-18-19(11-14)25-10-9-24-18/h1-6,11,13,22H,7-10,12H2,(H,21,23). The van der Waals surface area contributed by atoms with Gasteiger partial charge in [0.25, 0.3) is 0 Å². The van der Waals surface area contributed by atoms with E-state index in [1.807, 2.05) is 48.7 Å². The Balaban J connectivity index is 1.32. The lowest BCUT2D eigenvalue weighted by Crippen LogP contribution is -2.27. The van der Waals surface area contributed by atoms with E-state index in [2.05, 4.69) is 10.3 Å². The Labute approximate surface area is 146 Å². The van der Waals surface area contributed by atoms with Gasteiger partial charge >= 0.3 is 0 Å². The number of carbonyl (C=O) groups excluding carboxylic acids is 1.